The van der Waals surface area contributed by atoms with E-state index in [-0.39, 0.29) is 5.78 Å². The van der Waals surface area contributed by atoms with Crippen molar-refractivity contribution >= 4 is 12.1 Å². The lowest BCUT2D eigenvalue weighted by Crippen LogP contribution is -1.95. The Hall–Kier alpha value is -2.16. The molecule has 0 saturated carbocycles. The van der Waals surface area contributed by atoms with Crippen LogP contribution in [0.15, 0.2) is 40.8 Å². The third-order valence-corrected chi connectivity index (χ3v) is 2.56. The zero-order valence-corrected chi connectivity index (χ0v) is 9.47. The summed E-state index contributed by atoms with van der Waals surface area (Å²) in [5.74, 6) is 1.04. The van der Waals surface area contributed by atoms with Gasteiger partial charge in [-0.1, -0.05) is 31.2 Å². The molecular weight excluding hydrogens is 216 g/mol. The van der Waals surface area contributed by atoms with Gasteiger partial charge in [-0.2, -0.15) is 0 Å². The van der Waals surface area contributed by atoms with Crippen LogP contribution >= 0.6 is 0 Å². The van der Waals surface area contributed by atoms with Gasteiger partial charge in [-0.05, 0) is 12.1 Å². The van der Waals surface area contributed by atoms with Crippen molar-refractivity contribution in [3.63, 3.8) is 0 Å². The van der Waals surface area contributed by atoms with E-state index in [0.717, 1.165) is 5.56 Å². The first-order valence-electron chi connectivity index (χ1n) is 5.43. The van der Waals surface area contributed by atoms with Crippen LogP contribution in [0.2, 0.25) is 0 Å². The first-order valence-corrected chi connectivity index (χ1v) is 5.43. The Labute approximate surface area is 99.1 Å². The minimum absolute atomic E-state index is 0.115. The van der Waals surface area contributed by atoms with Gasteiger partial charge in [0, 0.05) is 17.5 Å². The van der Waals surface area contributed by atoms with Crippen LogP contribution < -0.4 is 0 Å². The molecule has 0 aliphatic rings. The second kappa shape index (κ2) is 4.78. The third-order valence-electron chi connectivity index (χ3n) is 2.56. The molecule has 3 heteroatoms. The lowest BCUT2D eigenvalue weighted by molar-refractivity contribution is 0.0987. The van der Waals surface area contributed by atoms with Crippen molar-refractivity contribution < 1.29 is 14.0 Å². The third kappa shape index (κ3) is 2.33. The molecule has 86 valence electrons. The number of ketones is 1. The highest BCUT2D eigenvalue weighted by Crippen LogP contribution is 2.22. The van der Waals surface area contributed by atoms with Crippen molar-refractivity contribution in [2.24, 2.45) is 0 Å². The van der Waals surface area contributed by atoms with E-state index in [0.29, 0.717) is 29.8 Å². The number of benzene rings is 1. The molecule has 3 nitrogen and oxygen atoms in total. The van der Waals surface area contributed by atoms with E-state index in [1.807, 2.05) is 19.1 Å². The van der Waals surface area contributed by atoms with Crippen LogP contribution in [0.3, 0.4) is 0 Å². The topological polar surface area (TPSA) is 47.3 Å². The molecule has 0 atom stereocenters. The summed E-state index contributed by atoms with van der Waals surface area (Å²) in [6, 6.07) is 10.5. The molecule has 0 bridgehead atoms. The van der Waals surface area contributed by atoms with Crippen molar-refractivity contribution in [1.82, 2.24) is 0 Å². The molecule has 0 saturated heterocycles. The van der Waals surface area contributed by atoms with Crippen LogP contribution in [0.4, 0.5) is 0 Å². The molecule has 1 aromatic carbocycles. The van der Waals surface area contributed by atoms with Crippen molar-refractivity contribution in [2.75, 3.05) is 0 Å². The van der Waals surface area contributed by atoms with Gasteiger partial charge < -0.3 is 4.42 Å². The monoisotopic (exact) mass is 228 g/mol. The molecule has 0 spiro atoms. The maximum atomic E-state index is 11.4. The van der Waals surface area contributed by atoms with Gasteiger partial charge in [-0.25, -0.2) is 0 Å². The maximum absolute atomic E-state index is 11.4. The molecule has 2 rings (SSSR count). The second-order valence-electron chi connectivity index (χ2n) is 3.67. The fourth-order valence-corrected chi connectivity index (χ4v) is 1.60. The molecule has 0 radical (unpaired) electrons. The molecule has 1 heterocycles. The molecule has 2 aromatic rings. The van der Waals surface area contributed by atoms with E-state index in [4.69, 9.17) is 4.42 Å². The Bertz CT molecular complexity index is 535. The lowest BCUT2D eigenvalue weighted by atomic mass is 10.1. The summed E-state index contributed by atoms with van der Waals surface area (Å²) < 4.78 is 5.29. The fraction of sp³-hybridized carbons (Fsp3) is 0.143. The lowest BCUT2D eigenvalue weighted by Gasteiger charge is -2.00. The Morgan fingerprint density at radius 2 is 1.88 bits per heavy atom. The summed E-state index contributed by atoms with van der Waals surface area (Å²) in [6.45, 7) is 1.83. The van der Waals surface area contributed by atoms with Gasteiger partial charge in [0.15, 0.2) is 17.8 Å². The Morgan fingerprint density at radius 3 is 2.41 bits per heavy atom. The molecule has 0 unspecified atom stereocenters. The average Bonchev–Trinajstić information content (AvgIpc) is 2.87. The summed E-state index contributed by atoms with van der Waals surface area (Å²) in [7, 11) is 0. The predicted molar refractivity (Wildman–Crippen MR) is 64.2 cm³/mol. The minimum atomic E-state index is 0.115. The number of rotatable bonds is 4. The minimum Gasteiger partial charge on any atom is -0.453 e. The van der Waals surface area contributed by atoms with Crippen LogP contribution in [-0.4, -0.2) is 12.1 Å². The van der Waals surface area contributed by atoms with Crippen molar-refractivity contribution in [2.45, 2.75) is 13.3 Å². The first-order chi connectivity index (χ1) is 8.24. The Kier molecular flexibility index (Phi) is 3.19. The molecule has 0 fully saturated rings. The van der Waals surface area contributed by atoms with Crippen LogP contribution in [0, 0.1) is 0 Å². The van der Waals surface area contributed by atoms with Gasteiger partial charge >= 0.3 is 0 Å². The van der Waals surface area contributed by atoms with Crippen LogP contribution in [0.5, 0.6) is 0 Å². The van der Waals surface area contributed by atoms with Gasteiger partial charge in [0.1, 0.15) is 5.76 Å². The van der Waals surface area contributed by atoms with Crippen molar-refractivity contribution in [3.8, 4) is 11.3 Å². The van der Waals surface area contributed by atoms with E-state index in [2.05, 4.69) is 0 Å². The van der Waals surface area contributed by atoms with Crippen LogP contribution in [-0.2, 0) is 0 Å². The van der Waals surface area contributed by atoms with Crippen LogP contribution in [0.25, 0.3) is 11.3 Å². The Morgan fingerprint density at radius 1 is 1.18 bits per heavy atom. The second-order valence-corrected chi connectivity index (χ2v) is 3.67. The highest BCUT2D eigenvalue weighted by Gasteiger charge is 2.06. The number of hydrogen-bond donors (Lipinski definition) is 0. The normalized spacial score (nSPS) is 10.2. The molecular formula is C14H12O3. The van der Waals surface area contributed by atoms with E-state index >= 15 is 0 Å². The standard InChI is InChI=1S/C14H12O3/c1-2-13(16)10-3-5-11(6-4-10)14-8-7-12(9-15)17-14/h3-9H,2H2,1H3. The van der Waals surface area contributed by atoms with Gasteiger partial charge in [-0.15, -0.1) is 0 Å². The van der Waals surface area contributed by atoms with E-state index in [1.54, 1.807) is 24.3 Å². The first kappa shape index (κ1) is 11.3. The van der Waals surface area contributed by atoms with E-state index in [1.165, 1.54) is 0 Å². The molecule has 0 aliphatic heterocycles. The molecule has 1 aromatic heterocycles. The van der Waals surface area contributed by atoms with E-state index < -0.39 is 0 Å². The molecule has 0 N–H and O–H groups in total. The number of Topliss-reactive ketones (excluding diaryl/α,β-unsaturated/α-hetero) is 1. The van der Waals surface area contributed by atoms with Gasteiger partial charge in [0.2, 0.25) is 0 Å². The van der Waals surface area contributed by atoms with E-state index in [9.17, 15) is 9.59 Å². The summed E-state index contributed by atoms with van der Waals surface area (Å²) in [4.78, 5) is 21.9. The maximum Gasteiger partial charge on any atom is 0.185 e. The number of hydrogen-bond acceptors (Lipinski definition) is 3. The SMILES string of the molecule is CCC(=O)c1ccc(-c2ccc(C=O)o2)cc1. The zero-order valence-electron chi connectivity index (χ0n) is 9.47. The zero-order chi connectivity index (χ0) is 12.3. The van der Waals surface area contributed by atoms with Crippen molar-refractivity contribution in [1.29, 1.82) is 0 Å². The molecule has 17 heavy (non-hydrogen) atoms. The number of carbonyl (C=O) groups excluding carboxylic acids is 2. The molecule has 0 aliphatic carbocycles. The van der Waals surface area contributed by atoms with Crippen LogP contribution in [0.1, 0.15) is 34.3 Å². The average molecular weight is 228 g/mol. The summed E-state index contributed by atoms with van der Waals surface area (Å²) in [6.07, 6.45) is 1.16. The quantitative estimate of drug-likeness (QED) is 0.595. The fourth-order valence-electron chi connectivity index (χ4n) is 1.60. The van der Waals surface area contributed by atoms with Gasteiger partial charge in [0.05, 0.1) is 0 Å². The molecule has 0 amide bonds. The van der Waals surface area contributed by atoms with Gasteiger partial charge in [-0.3, -0.25) is 9.59 Å². The smallest absolute Gasteiger partial charge is 0.185 e. The predicted octanol–water partition coefficient (Wildman–Crippen LogP) is 3.35. The van der Waals surface area contributed by atoms with Gasteiger partial charge in [0.25, 0.3) is 0 Å². The highest BCUT2D eigenvalue weighted by atomic mass is 16.3. The largest absolute Gasteiger partial charge is 0.453 e. The number of furan rings is 1. The summed E-state index contributed by atoms with van der Waals surface area (Å²) >= 11 is 0. The van der Waals surface area contributed by atoms with Crippen molar-refractivity contribution in [3.05, 3.63) is 47.7 Å². The number of carbonyl (C=O) groups is 2. The summed E-state index contributed by atoms with van der Waals surface area (Å²) in [5.41, 5.74) is 1.55. The summed E-state index contributed by atoms with van der Waals surface area (Å²) in [5, 5.41) is 0. The number of aldehydes is 1. The highest BCUT2D eigenvalue weighted by molar-refractivity contribution is 5.96. The Balaban J connectivity index is 2.28.